The fourth-order valence-corrected chi connectivity index (χ4v) is 14.8. The highest BCUT2D eigenvalue weighted by Crippen LogP contribution is 2.44. The van der Waals surface area contributed by atoms with Crippen LogP contribution in [-0.2, 0) is 87.6 Å². The van der Waals surface area contributed by atoms with E-state index in [1.807, 2.05) is 0 Å². The van der Waals surface area contributed by atoms with Crippen molar-refractivity contribution in [3.63, 3.8) is 0 Å². The molecule has 0 heterocycles. The van der Waals surface area contributed by atoms with E-state index < -0.39 is 0 Å². The molecule has 8 rings (SSSR count). The molecule has 0 fully saturated rings. The summed E-state index contributed by atoms with van der Waals surface area (Å²) in [6, 6.07) is 55.8. The molecule has 0 amide bonds. The van der Waals surface area contributed by atoms with Crippen LogP contribution in [-0.4, -0.2) is 0 Å². The van der Waals surface area contributed by atoms with Gasteiger partial charge in [0.2, 0.25) is 0 Å². The van der Waals surface area contributed by atoms with Gasteiger partial charge in [-0.15, -0.1) is 0 Å². The Bertz CT molecular complexity index is 4260. The van der Waals surface area contributed by atoms with Crippen molar-refractivity contribution in [1.29, 1.82) is 0 Å². The average molecular weight is 1460 g/mol. The summed E-state index contributed by atoms with van der Waals surface area (Å²) in [6.07, 6.45) is 1.00. The van der Waals surface area contributed by atoms with E-state index in [0.717, 1.165) is 6.42 Å². The molecule has 0 atom stereocenters. The molecule has 0 N–H and O–H groups in total. The Morgan fingerprint density at radius 2 is 0.444 bits per heavy atom. The summed E-state index contributed by atoms with van der Waals surface area (Å²) >= 11 is 0. The molecule has 8 aromatic carbocycles. The Labute approximate surface area is 669 Å². The predicted molar refractivity (Wildman–Crippen MR) is 490 cm³/mol. The van der Waals surface area contributed by atoms with Crippen LogP contribution < -0.4 is 0 Å². The van der Waals surface area contributed by atoms with Crippen molar-refractivity contribution in [2.75, 3.05) is 0 Å². The van der Waals surface area contributed by atoms with E-state index in [-0.39, 0.29) is 81.2 Å². The Morgan fingerprint density at radius 1 is 0.176 bits per heavy atom. The van der Waals surface area contributed by atoms with E-state index >= 15 is 0 Å². The van der Waals surface area contributed by atoms with Crippen LogP contribution in [0.25, 0.3) is 21.9 Å². The van der Waals surface area contributed by atoms with Gasteiger partial charge in [-0.05, 0) is 217 Å². The van der Waals surface area contributed by atoms with Crippen molar-refractivity contribution in [3.05, 3.63) is 246 Å². The number of benzene rings is 8. The van der Waals surface area contributed by atoms with Gasteiger partial charge in [0.25, 0.3) is 0 Å². The first-order chi connectivity index (χ1) is 48.0. The van der Waals surface area contributed by atoms with Crippen molar-refractivity contribution in [3.8, 4) is 11.1 Å². The molecule has 0 heteroatoms. The van der Waals surface area contributed by atoms with E-state index in [2.05, 4.69) is 464 Å². The Balaban J connectivity index is 0.000000287. The highest BCUT2D eigenvalue weighted by Gasteiger charge is 2.33. The maximum absolute atomic E-state index is 2.43. The lowest BCUT2D eigenvalue weighted by atomic mass is 9.70. The first-order valence-corrected chi connectivity index (χ1v) is 41.4. The normalized spacial score (nSPS) is 13.5. The van der Waals surface area contributed by atoms with Crippen LogP contribution in [0.1, 0.15) is 412 Å². The van der Waals surface area contributed by atoms with Crippen molar-refractivity contribution in [2.45, 2.75) is 406 Å². The minimum Gasteiger partial charge on any atom is -0.0584 e. The van der Waals surface area contributed by atoms with Crippen molar-refractivity contribution in [2.24, 2.45) is 0 Å². The van der Waals surface area contributed by atoms with Crippen molar-refractivity contribution < 1.29 is 0 Å². The molecule has 0 radical (unpaired) electrons. The second-order valence-corrected chi connectivity index (χ2v) is 47.7. The number of hydrogen-bond acceptors (Lipinski definition) is 0. The van der Waals surface area contributed by atoms with Gasteiger partial charge in [0.15, 0.2) is 0 Å². The summed E-state index contributed by atoms with van der Waals surface area (Å²) in [5.41, 5.74) is 31.5. The maximum atomic E-state index is 2.43. The fraction of sp³-hybridized carbons (Fsp3) is 0.574. The molecule has 596 valence electrons. The monoisotopic (exact) mass is 1460 g/mol. The number of rotatable bonds is 3. The van der Waals surface area contributed by atoms with Crippen molar-refractivity contribution in [1.82, 2.24) is 0 Å². The third-order valence-electron chi connectivity index (χ3n) is 21.5. The highest BCUT2D eigenvalue weighted by atomic mass is 14.4. The molecule has 0 aliphatic rings. The first kappa shape index (κ1) is 94.4. The number of hydrogen-bond donors (Lipinski definition) is 0. The van der Waals surface area contributed by atoms with E-state index in [1.54, 1.807) is 0 Å². The van der Waals surface area contributed by atoms with Crippen LogP contribution in [0.3, 0.4) is 0 Å². The average Bonchev–Trinajstić information content (AvgIpc) is 0.773. The summed E-state index contributed by atoms with van der Waals surface area (Å²) in [5, 5.41) is 2.72. The SMILES string of the molecule is CC(C)(C)c1ccc(-c2ccc(C(C)(C)C)c(C(C)(C)C)c2)cc1.CC(C)(C)c1ccc(C(C)(C)C)c(C(C)(C)C)c1.CC(C)(C)c1ccc(Cc2ccc(C(C)(C)C)cc2C(C)(C)C)cc1.CC(C)(C)c1ccc2cc(C(C)(C)C)c(C(C)(C)C)cc2c1.Cc1c(C(C)(C)C)ccc(C(C)(C)C)c1C(C)(C)C. The van der Waals surface area contributed by atoms with Crippen LogP contribution in [0.15, 0.2) is 146 Å². The zero-order chi connectivity index (χ0) is 83.9. The van der Waals surface area contributed by atoms with Crippen LogP contribution in [0.4, 0.5) is 0 Å². The van der Waals surface area contributed by atoms with Gasteiger partial charge in [-0.25, -0.2) is 0 Å². The smallest absolute Gasteiger partial charge is 0.00228 e. The number of fused-ring (bicyclic) bond motifs is 1. The molecular weight excluding hydrogens is 1300 g/mol. The molecule has 0 saturated carbocycles. The molecule has 0 spiro atoms. The van der Waals surface area contributed by atoms with Gasteiger partial charge >= 0.3 is 0 Å². The van der Waals surface area contributed by atoms with Crippen LogP contribution in [0, 0.1) is 6.92 Å². The molecule has 0 bridgehead atoms. The van der Waals surface area contributed by atoms with Gasteiger partial charge in [-0.3, -0.25) is 0 Å². The van der Waals surface area contributed by atoms with Gasteiger partial charge in [0, 0.05) is 0 Å². The van der Waals surface area contributed by atoms with E-state index in [4.69, 9.17) is 0 Å². The Morgan fingerprint density at radius 3 is 0.806 bits per heavy atom. The molecule has 0 aliphatic heterocycles. The minimum atomic E-state index is 0.143. The van der Waals surface area contributed by atoms with Crippen LogP contribution in [0.2, 0.25) is 0 Å². The lowest BCUT2D eigenvalue weighted by Gasteiger charge is -2.35. The van der Waals surface area contributed by atoms with E-state index in [0.29, 0.717) is 0 Å². The molecule has 108 heavy (non-hydrogen) atoms. The summed E-state index contributed by atoms with van der Waals surface area (Å²) < 4.78 is 0. The Kier molecular flexibility index (Phi) is 28.8. The summed E-state index contributed by atoms with van der Waals surface area (Å²) in [6.45, 7) is 106. The molecule has 0 nitrogen and oxygen atoms in total. The zero-order valence-electron chi connectivity index (χ0n) is 79.1. The maximum Gasteiger partial charge on any atom is -0.00228 e. The topological polar surface area (TPSA) is 0 Å². The summed E-state index contributed by atoms with van der Waals surface area (Å²) in [4.78, 5) is 0. The first-order valence-electron chi connectivity index (χ1n) is 41.4. The standard InChI is InChI=1S/C25H36.C24H34.C22H32.C19H32.C18H30/c1-23(2,3)20-13-10-18(11-14-20)16-19-12-15-21(24(4,5)6)17-22(19)25(7,8)9;1-22(2,3)19-13-10-17(11-14-19)18-12-15-20(23(4,5)6)21(16-18)24(7,8)9;1-20(2,3)17-11-10-15-13-18(21(4,5)6)19(22(7,8)9)14-16(15)12-17;1-13-14(17(2,3)4)11-12-15(18(5,6)7)16(13)19(8,9)10;1-16(2,3)13-10-11-14(17(4,5)6)15(12-13)18(7,8)9/h10-15,17H,16H2,1-9H3;10-16H,1-9H3;10-14H,1-9H3;11-12H,1-10H3;10-12H,1-9H3. The third kappa shape index (κ3) is 26.3. The van der Waals surface area contributed by atoms with Gasteiger partial charge in [-0.2, -0.15) is 0 Å². The van der Waals surface area contributed by atoms with Gasteiger partial charge < -0.3 is 0 Å². The predicted octanol–water partition coefficient (Wildman–Crippen LogP) is 32.6. The second kappa shape index (κ2) is 33.0. The van der Waals surface area contributed by atoms with Gasteiger partial charge in [0.1, 0.15) is 0 Å². The Hall–Kier alpha value is -5.98. The lowest BCUT2D eigenvalue weighted by Crippen LogP contribution is -2.26. The second-order valence-electron chi connectivity index (χ2n) is 47.7. The fourth-order valence-electron chi connectivity index (χ4n) is 14.8. The molecular formula is C108H164. The quantitative estimate of drug-likeness (QED) is 0.165. The largest absolute Gasteiger partial charge is 0.0584 e. The van der Waals surface area contributed by atoms with Gasteiger partial charge in [-0.1, -0.05) is 457 Å². The van der Waals surface area contributed by atoms with Gasteiger partial charge in [0.05, 0.1) is 0 Å². The molecule has 0 aromatic heterocycles. The molecule has 0 aliphatic carbocycles. The highest BCUT2D eigenvalue weighted by molar-refractivity contribution is 5.86. The molecule has 8 aromatic rings. The zero-order valence-corrected chi connectivity index (χ0v) is 79.1. The van der Waals surface area contributed by atoms with E-state index in [1.165, 1.54) is 122 Å². The minimum absolute atomic E-state index is 0.143. The third-order valence-corrected chi connectivity index (χ3v) is 21.5. The summed E-state index contributed by atoms with van der Waals surface area (Å²) in [5.74, 6) is 0. The van der Waals surface area contributed by atoms with E-state index in [9.17, 15) is 0 Å². The van der Waals surface area contributed by atoms with Crippen LogP contribution >= 0.6 is 0 Å². The van der Waals surface area contributed by atoms with Crippen molar-refractivity contribution >= 4 is 10.8 Å². The molecule has 0 unspecified atom stereocenters. The molecule has 0 saturated heterocycles. The lowest BCUT2D eigenvalue weighted by molar-refractivity contribution is 0.518. The summed E-state index contributed by atoms with van der Waals surface area (Å²) in [7, 11) is 0. The van der Waals surface area contributed by atoms with Crippen LogP contribution in [0.5, 0.6) is 0 Å².